The van der Waals surface area contributed by atoms with Crippen LogP contribution in [0, 0.1) is 25.2 Å². The summed E-state index contributed by atoms with van der Waals surface area (Å²) in [7, 11) is 0. The zero-order valence-corrected chi connectivity index (χ0v) is 13.2. The first kappa shape index (κ1) is 14.8. The number of nitrogens with one attached hydrogen (secondary N) is 1. The largest absolute Gasteiger partial charge is 0.337 e. The molecule has 0 spiro atoms. The van der Waals surface area contributed by atoms with Gasteiger partial charge >= 0.3 is 0 Å². The van der Waals surface area contributed by atoms with Gasteiger partial charge in [0.15, 0.2) is 0 Å². The SMILES string of the molecule is Cc1cc2nc(/C(C#N)=C/C=C\c3ccccc3)[nH]c2cc1C. The summed E-state index contributed by atoms with van der Waals surface area (Å²) in [6.45, 7) is 4.13. The molecule has 3 heteroatoms. The molecule has 0 fully saturated rings. The van der Waals surface area contributed by atoms with Gasteiger partial charge in [0.1, 0.15) is 11.9 Å². The van der Waals surface area contributed by atoms with Crippen molar-refractivity contribution in [2.24, 2.45) is 0 Å². The lowest BCUT2D eigenvalue weighted by atomic mass is 10.1. The van der Waals surface area contributed by atoms with Gasteiger partial charge in [0, 0.05) is 0 Å². The van der Waals surface area contributed by atoms with E-state index in [-0.39, 0.29) is 0 Å². The Hall–Kier alpha value is -3.12. The number of allylic oxidation sites excluding steroid dienone is 3. The van der Waals surface area contributed by atoms with Crippen LogP contribution in [0.25, 0.3) is 22.7 Å². The molecule has 0 aliphatic rings. The highest BCUT2D eigenvalue weighted by Gasteiger charge is 2.08. The Balaban J connectivity index is 1.93. The third kappa shape index (κ3) is 3.22. The predicted molar refractivity (Wildman–Crippen MR) is 94.6 cm³/mol. The highest BCUT2D eigenvalue weighted by molar-refractivity contribution is 5.83. The Morgan fingerprint density at radius 3 is 2.61 bits per heavy atom. The second-order valence-electron chi connectivity index (χ2n) is 5.50. The molecule has 2 aromatic carbocycles. The van der Waals surface area contributed by atoms with Crippen LogP contribution in [0.15, 0.2) is 54.6 Å². The molecular formula is C20H17N3. The summed E-state index contributed by atoms with van der Waals surface area (Å²) in [4.78, 5) is 7.76. The second kappa shape index (κ2) is 6.33. The minimum atomic E-state index is 0.517. The predicted octanol–water partition coefficient (Wildman–Crippen LogP) is 4.80. The summed E-state index contributed by atoms with van der Waals surface area (Å²) < 4.78 is 0. The first-order valence-electron chi connectivity index (χ1n) is 7.48. The smallest absolute Gasteiger partial charge is 0.149 e. The lowest BCUT2D eigenvalue weighted by Crippen LogP contribution is -1.83. The first-order chi connectivity index (χ1) is 11.2. The highest BCUT2D eigenvalue weighted by atomic mass is 14.9. The van der Waals surface area contributed by atoms with Crippen molar-refractivity contribution in [1.29, 1.82) is 5.26 Å². The van der Waals surface area contributed by atoms with Gasteiger partial charge < -0.3 is 4.98 Å². The summed E-state index contributed by atoms with van der Waals surface area (Å²) in [5.74, 6) is 0.602. The van der Waals surface area contributed by atoms with Crippen LogP contribution in [-0.4, -0.2) is 9.97 Å². The molecule has 1 aromatic heterocycles. The number of aryl methyl sites for hydroxylation is 2. The van der Waals surface area contributed by atoms with E-state index in [2.05, 4.69) is 36.0 Å². The monoisotopic (exact) mass is 299 g/mol. The van der Waals surface area contributed by atoms with Gasteiger partial charge in [0.2, 0.25) is 0 Å². The number of nitrogens with zero attached hydrogens (tertiary/aromatic N) is 2. The molecule has 0 unspecified atom stereocenters. The van der Waals surface area contributed by atoms with Gasteiger partial charge in [-0.05, 0) is 48.7 Å². The molecule has 0 saturated carbocycles. The van der Waals surface area contributed by atoms with Gasteiger partial charge in [-0.1, -0.05) is 42.5 Å². The molecule has 1 N–H and O–H groups in total. The Kier molecular flexibility index (Phi) is 4.07. The van der Waals surface area contributed by atoms with Crippen LogP contribution in [0.1, 0.15) is 22.5 Å². The van der Waals surface area contributed by atoms with Crippen LogP contribution in [0.5, 0.6) is 0 Å². The molecule has 1 heterocycles. The van der Waals surface area contributed by atoms with Crippen LogP contribution >= 0.6 is 0 Å². The van der Waals surface area contributed by atoms with Gasteiger partial charge in [-0.3, -0.25) is 0 Å². The van der Waals surface area contributed by atoms with Gasteiger partial charge in [-0.2, -0.15) is 5.26 Å². The topological polar surface area (TPSA) is 52.5 Å². The number of hydrogen-bond donors (Lipinski definition) is 1. The molecule has 112 valence electrons. The number of hydrogen-bond acceptors (Lipinski definition) is 2. The zero-order chi connectivity index (χ0) is 16.2. The van der Waals surface area contributed by atoms with E-state index < -0.39 is 0 Å². The number of imidazole rings is 1. The molecule has 23 heavy (non-hydrogen) atoms. The van der Waals surface area contributed by atoms with Crippen molar-refractivity contribution >= 4 is 22.7 Å². The van der Waals surface area contributed by atoms with E-state index in [0.29, 0.717) is 11.4 Å². The van der Waals surface area contributed by atoms with Crippen molar-refractivity contribution < 1.29 is 0 Å². The summed E-state index contributed by atoms with van der Waals surface area (Å²) in [6.07, 6.45) is 5.62. The quantitative estimate of drug-likeness (QED) is 0.558. The van der Waals surface area contributed by atoms with Crippen molar-refractivity contribution in [3.05, 3.63) is 77.1 Å². The third-order valence-corrected chi connectivity index (χ3v) is 3.82. The van der Waals surface area contributed by atoms with E-state index in [1.807, 2.05) is 48.6 Å². The van der Waals surface area contributed by atoms with E-state index in [1.165, 1.54) is 11.1 Å². The Bertz CT molecular complexity index is 899. The molecule has 0 amide bonds. The first-order valence-corrected chi connectivity index (χ1v) is 7.48. The van der Waals surface area contributed by atoms with Crippen molar-refractivity contribution in [3.63, 3.8) is 0 Å². The summed E-state index contributed by atoms with van der Waals surface area (Å²) in [5, 5.41) is 9.40. The Morgan fingerprint density at radius 2 is 1.87 bits per heavy atom. The maximum absolute atomic E-state index is 9.40. The van der Waals surface area contributed by atoms with Gasteiger partial charge in [-0.25, -0.2) is 4.98 Å². The number of aromatic nitrogens is 2. The maximum Gasteiger partial charge on any atom is 0.149 e. The number of fused-ring (bicyclic) bond motifs is 1. The fraction of sp³-hybridized carbons (Fsp3) is 0.100. The van der Waals surface area contributed by atoms with Crippen molar-refractivity contribution in [3.8, 4) is 6.07 Å². The molecule has 0 aliphatic carbocycles. The molecule has 0 aliphatic heterocycles. The summed E-state index contributed by atoms with van der Waals surface area (Å²) >= 11 is 0. The number of benzene rings is 2. The Labute approximate surface area is 135 Å². The minimum Gasteiger partial charge on any atom is -0.337 e. The van der Waals surface area contributed by atoms with Gasteiger partial charge in [-0.15, -0.1) is 0 Å². The zero-order valence-electron chi connectivity index (χ0n) is 13.2. The van der Waals surface area contributed by atoms with Crippen LogP contribution < -0.4 is 0 Å². The molecule has 0 radical (unpaired) electrons. The fourth-order valence-electron chi connectivity index (χ4n) is 2.39. The van der Waals surface area contributed by atoms with Crippen molar-refractivity contribution in [2.45, 2.75) is 13.8 Å². The molecule has 0 atom stereocenters. The number of H-pyrrole nitrogens is 1. The van der Waals surface area contributed by atoms with Crippen molar-refractivity contribution in [1.82, 2.24) is 9.97 Å². The third-order valence-electron chi connectivity index (χ3n) is 3.82. The van der Waals surface area contributed by atoms with Gasteiger partial charge in [0.05, 0.1) is 16.6 Å². The van der Waals surface area contributed by atoms with E-state index in [1.54, 1.807) is 6.08 Å². The van der Waals surface area contributed by atoms with Crippen LogP contribution in [0.4, 0.5) is 0 Å². The van der Waals surface area contributed by atoms with E-state index in [9.17, 15) is 5.26 Å². The normalized spacial score (nSPS) is 12.0. The fourth-order valence-corrected chi connectivity index (χ4v) is 2.39. The van der Waals surface area contributed by atoms with E-state index >= 15 is 0 Å². The maximum atomic E-state index is 9.40. The van der Waals surface area contributed by atoms with E-state index in [0.717, 1.165) is 16.6 Å². The summed E-state index contributed by atoms with van der Waals surface area (Å²) in [6, 6.07) is 16.3. The Morgan fingerprint density at radius 1 is 1.13 bits per heavy atom. The van der Waals surface area contributed by atoms with Crippen LogP contribution in [0.3, 0.4) is 0 Å². The molecule has 3 nitrogen and oxygen atoms in total. The molecule has 3 rings (SSSR count). The lowest BCUT2D eigenvalue weighted by molar-refractivity contribution is 1.27. The highest BCUT2D eigenvalue weighted by Crippen LogP contribution is 2.20. The van der Waals surface area contributed by atoms with E-state index in [4.69, 9.17) is 0 Å². The van der Waals surface area contributed by atoms with Crippen molar-refractivity contribution in [2.75, 3.05) is 0 Å². The summed E-state index contributed by atoms with van der Waals surface area (Å²) in [5.41, 5.74) is 5.86. The minimum absolute atomic E-state index is 0.517. The second-order valence-corrected chi connectivity index (χ2v) is 5.50. The van der Waals surface area contributed by atoms with Crippen LogP contribution in [0.2, 0.25) is 0 Å². The molecule has 3 aromatic rings. The number of rotatable bonds is 3. The number of aromatic amines is 1. The van der Waals surface area contributed by atoms with Gasteiger partial charge in [0.25, 0.3) is 0 Å². The standard InChI is InChI=1S/C20H17N3/c1-14-11-18-19(12-15(14)2)23-20(22-18)17(13-21)10-6-9-16-7-4-3-5-8-16/h3-12H,1-2H3,(H,22,23)/b9-6-,17-10+. The molecule has 0 saturated heterocycles. The molecular weight excluding hydrogens is 282 g/mol. The average Bonchev–Trinajstić information content (AvgIpc) is 2.95. The lowest BCUT2D eigenvalue weighted by Gasteiger charge is -1.97. The average molecular weight is 299 g/mol. The van der Waals surface area contributed by atoms with Crippen LogP contribution in [-0.2, 0) is 0 Å². The number of nitriles is 1. The molecule has 0 bridgehead atoms.